The maximum Gasteiger partial charge on any atom is 0.137 e. The number of hydrogen-bond donors (Lipinski definition) is 1. The first-order valence-corrected chi connectivity index (χ1v) is 7.55. The van der Waals surface area contributed by atoms with Crippen LogP contribution in [0.3, 0.4) is 0 Å². The van der Waals surface area contributed by atoms with E-state index in [1.165, 1.54) is 6.07 Å². The van der Waals surface area contributed by atoms with Gasteiger partial charge in [-0.3, -0.25) is 0 Å². The Morgan fingerprint density at radius 1 is 1.14 bits per heavy atom. The van der Waals surface area contributed by atoms with Crippen LogP contribution in [0.5, 0.6) is 5.75 Å². The minimum Gasteiger partial charge on any atom is -0.497 e. The Balaban J connectivity index is 2.12. The zero-order chi connectivity index (χ0) is 15.5. The molecule has 2 aromatic carbocycles. The Morgan fingerprint density at radius 3 is 2.43 bits per heavy atom. The number of rotatable bonds is 5. The number of ether oxygens (including phenoxy) is 1. The van der Waals surface area contributed by atoms with Crippen LogP contribution in [0.4, 0.5) is 4.39 Å². The van der Waals surface area contributed by atoms with Crippen LogP contribution < -0.4 is 10.5 Å². The zero-order valence-electron chi connectivity index (χ0n) is 12.2. The zero-order valence-corrected chi connectivity index (χ0v) is 13.8. The molecule has 0 aliphatic rings. The summed E-state index contributed by atoms with van der Waals surface area (Å²) in [5, 5.41) is 0. The molecule has 4 heteroatoms. The van der Waals surface area contributed by atoms with E-state index in [-0.39, 0.29) is 5.82 Å². The van der Waals surface area contributed by atoms with Gasteiger partial charge in [-0.1, -0.05) is 24.3 Å². The quantitative estimate of drug-likeness (QED) is 0.879. The number of nitrogens with two attached hydrogens (primary N) is 1. The third-order valence-electron chi connectivity index (χ3n) is 3.39. The van der Waals surface area contributed by atoms with E-state index in [0.29, 0.717) is 17.3 Å². The molecule has 0 aromatic heterocycles. The van der Waals surface area contributed by atoms with E-state index in [1.807, 2.05) is 37.3 Å². The molecule has 2 rings (SSSR count). The molecule has 0 bridgehead atoms. The Hall–Kier alpha value is -1.39. The van der Waals surface area contributed by atoms with Crippen molar-refractivity contribution in [3.8, 4) is 5.75 Å². The average Bonchev–Trinajstić information content (AvgIpc) is 2.44. The molecular weight excluding hydrogens is 333 g/mol. The van der Waals surface area contributed by atoms with Crippen molar-refractivity contribution in [3.05, 3.63) is 63.9 Å². The maximum absolute atomic E-state index is 13.6. The molecule has 0 amide bonds. The normalized spacial score (nSPS) is 13.8. The molecule has 1 atom stereocenters. The Morgan fingerprint density at radius 2 is 1.81 bits per heavy atom. The molecule has 2 N–H and O–H groups in total. The van der Waals surface area contributed by atoms with E-state index in [2.05, 4.69) is 15.9 Å². The van der Waals surface area contributed by atoms with Crippen LogP contribution in [0.15, 0.2) is 46.9 Å². The number of halogens is 2. The molecule has 2 aromatic rings. The monoisotopic (exact) mass is 351 g/mol. The molecule has 0 saturated heterocycles. The summed E-state index contributed by atoms with van der Waals surface area (Å²) in [5.74, 6) is 0.568. The van der Waals surface area contributed by atoms with Crippen molar-refractivity contribution < 1.29 is 9.13 Å². The summed E-state index contributed by atoms with van der Waals surface area (Å²) in [6, 6.07) is 12.9. The minimum absolute atomic E-state index is 0.257. The molecule has 21 heavy (non-hydrogen) atoms. The first kappa shape index (κ1) is 16.0. The lowest BCUT2D eigenvalue weighted by molar-refractivity contribution is 0.414. The Kier molecular flexibility index (Phi) is 5.01. The van der Waals surface area contributed by atoms with Crippen molar-refractivity contribution in [3.63, 3.8) is 0 Å². The maximum atomic E-state index is 13.6. The van der Waals surface area contributed by atoms with Gasteiger partial charge in [-0.05, 0) is 65.0 Å². The molecule has 0 aliphatic carbocycles. The second-order valence-electron chi connectivity index (χ2n) is 5.57. The van der Waals surface area contributed by atoms with Crippen LogP contribution in [-0.4, -0.2) is 12.6 Å². The van der Waals surface area contributed by atoms with E-state index in [9.17, 15) is 4.39 Å². The lowest BCUT2D eigenvalue weighted by Gasteiger charge is -2.25. The molecule has 112 valence electrons. The summed E-state index contributed by atoms with van der Waals surface area (Å²) in [4.78, 5) is 0. The van der Waals surface area contributed by atoms with Gasteiger partial charge in [0.15, 0.2) is 0 Å². The van der Waals surface area contributed by atoms with Crippen molar-refractivity contribution in [1.29, 1.82) is 0 Å². The number of hydrogen-bond acceptors (Lipinski definition) is 2. The van der Waals surface area contributed by atoms with E-state index in [0.717, 1.165) is 16.9 Å². The van der Waals surface area contributed by atoms with Crippen LogP contribution in [0, 0.1) is 5.82 Å². The van der Waals surface area contributed by atoms with Crippen LogP contribution in [0.2, 0.25) is 0 Å². The number of benzene rings is 2. The lowest BCUT2D eigenvalue weighted by Crippen LogP contribution is -2.41. The molecule has 0 spiro atoms. The van der Waals surface area contributed by atoms with Crippen LogP contribution in [0.1, 0.15) is 18.1 Å². The van der Waals surface area contributed by atoms with Crippen LogP contribution in [-0.2, 0) is 12.8 Å². The van der Waals surface area contributed by atoms with Crippen molar-refractivity contribution in [1.82, 2.24) is 0 Å². The van der Waals surface area contributed by atoms with Gasteiger partial charge in [0.05, 0.1) is 11.6 Å². The lowest BCUT2D eigenvalue weighted by atomic mass is 9.87. The first-order chi connectivity index (χ1) is 9.91. The topological polar surface area (TPSA) is 35.2 Å². The Labute approximate surface area is 133 Å². The van der Waals surface area contributed by atoms with Gasteiger partial charge in [-0.2, -0.15) is 0 Å². The van der Waals surface area contributed by atoms with E-state index < -0.39 is 5.54 Å². The number of methoxy groups -OCH3 is 1. The van der Waals surface area contributed by atoms with Crippen molar-refractivity contribution >= 4 is 15.9 Å². The van der Waals surface area contributed by atoms with Gasteiger partial charge < -0.3 is 10.5 Å². The van der Waals surface area contributed by atoms with Crippen LogP contribution in [0.25, 0.3) is 0 Å². The van der Waals surface area contributed by atoms with Gasteiger partial charge in [0, 0.05) is 5.54 Å². The van der Waals surface area contributed by atoms with Crippen molar-refractivity contribution in [2.75, 3.05) is 7.11 Å². The van der Waals surface area contributed by atoms with Gasteiger partial charge in [0.25, 0.3) is 0 Å². The largest absolute Gasteiger partial charge is 0.497 e. The van der Waals surface area contributed by atoms with Gasteiger partial charge in [-0.25, -0.2) is 4.39 Å². The van der Waals surface area contributed by atoms with E-state index in [1.54, 1.807) is 13.2 Å². The highest BCUT2D eigenvalue weighted by Crippen LogP contribution is 2.25. The predicted octanol–water partition coefficient (Wildman–Crippen LogP) is 4.10. The van der Waals surface area contributed by atoms with Crippen LogP contribution >= 0.6 is 15.9 Å². The van der Waals surface area contributed by atoms with E-state index >= 15 is 0 Å². The predicted molar refractivity (Wildman–Crippen MR) is 87.1 cm³/mol. The summed E-state index contributed by atoms with van der Waals surface area (Å²) in [6.07, 6.45) is 1.30. The molecule has 0 saturated carbocycles. The Bertz CT molecular complexity index is 611. The average molecular weight is 352 g/mol. The molecular formula is C17H19BrFNO. The summed E-state index contributed by atoms with van der Waals surface area (Å²) in [5.41, 5.74) is 7.96. The molecule has 0 radical (unpaired) electrons. The van der Waals surface area contributed by atoms with Gasteiger partial charge >= 0.3 is 0 Å². The standard InChI is InChI=1S/C17H19BrFNO/c1-17(20,10-12-6-8-14(21-2)9-7-12)11-13-4-3-5-15(19)16(13)18/h3-9H,10-11,20H2,1-2H3. The van der Waals surface area contributed by atoms with Crippen molar-refractivity contribution in [2.45, 2.75) is 25.3 Å². The highest BCUT2D eigenvalue weighted by atomic mass is 79.9. The van der Waals surface area contributed by atoms with Crippen molar-refractivity contribution in [2.24, 2.45) is 5.73 Å². The fourth-order valence-corrected chi connectivity index (χ4v) is 2.80. The van der Waals surface area contributed by atoms with Gasteiger partial charge in [0.1, 0.15) is 11.6 Å². The molecule has 0 heterocycles. The van der Waals surface area contributed by atoms with Gasteiger partial charge in [-0.15, -0.1) is 0 Å². The fraction of sp³-hybridized carbons (Fsp3) is 0.294. The molecule has 0 fully saturated rings. The van der Waals surface area contributed by atoms with E-state index in [4.69, 9.17) is 10.5 Å². The summed E-state index contributed by atoms with van der Waals surface area (Å²) in [7, 11) is 1.64. The second-order valence-corrected chi connectivity index (χ2v) is 6.36. The summed E-state index contributed by atoms with van der Waals surface area (Å²) < 4.78 is 19.2. The minimum atomic E-state index is -0.453. The third kappa shape index (κ3) is 4.29. The smallest absolute Gasteiger partial charge is 0.137 e. The molecule has 1 unspecified atom stereocenters. The third-order valence-corrected chi connectivity index (χ3v) is 4.28. The molecule has 0 aliphatic heterocycles. The fourth-order valence-electron chi connectivity index (χ4n) is 2.39. The first-order valence-electron chi connectivity index (χ1n) is 6.76. The summed E-state index contributed by atoms with van der Waals surface area (Å²) >= 11 is 3.29. The highest BCUT2D eigenvalue weighted by molar-refractivity contribution is 9.10. The molecule has 2 nitrogen and oxygen atoms in total. The highest BCUT2D eigenvalue weighted by Gasteiger charge is 2.21. The summed E-state index contributed by atoms with van der Waals surface area (Å²) in [6.45, 7) is 1.98. The second kappa shape index (κ2) is 6.58. The van der Waals surface area contributed by atoms with Gasteiger partial charge in [0.2, 0.25) is 0 Å². The SMILES string of the molecule is COc1ccc(CC(C)(N)Cc2cccc(F)c2Br)cc1.